The van der Waals surface area contributed by atoms with E-state index in [2.05, 4.69) is 16.9 Å². The topological polar surface area (TPSA) is 46.2 Å². The first-order valence-corrected chi connectivity index (χ1v) is 7.39. The highest BCUT2D eigenvalue weighted by molar-refractivity contribution is 7.89. The third-order valence-electron chi connectivity index (χ3n) is 3.64. The number of hydrogen-bond donors (Lipinski definition) is 1. The molecule has 1 saturated carbocycles. The van der Waals surface area contributed by atoms with Crippen molar-refractivity contribution in [1.82, 2.24) is 4.72 Å². The lowest BCUT2D eigenvalue weighted by molar-refractivity contribution is 0.503. The Labute approximate surface area is 102 Å². The van der Waals surface area contributed by atoms with Crippen LogP contribution in [0, 0.1) is 11.8 Å². The van der Waals surface area contributed by atoms with Gasteiger partial charge in [0.05, 0.1) is 4.90 Å². The SMILES string of the molecule is O=S(=O)(NC1CC2C=CC1C2)c1ccccc1. The molecule has 0 heterocycles. The lowest BCUT2D eigenvalue weighted by Crippen LogP contribution is -2.37. The number of benzene rings is 1. The first-order valence-electron chi connectivity index (χ1n) is 5.91. The molecule has 2 bridgehead atoms. The van der Waals surface area contributed by atoms with E-state index in [9.17, 15) is 8.42 Å². The summed E-state index contributed by atoms with van der Waals surface area (Å²) >= 11 is 0. The Morgan fingerprint density at radius 2 is 1.82 bits per heavy atom. The van der Waals surface area contributed by atoms with Crippen LogP contribution in [-0.4, -0.2) is 14.5 Å². The van der Waals surface area contributed by atoms with Gasteiger partial charge in [0.15, 0.2) is 0 Å². The van der Waals surface area contributed by atoms with Crippen LogP contribution in [0.5, 0.6) is 0 Å². The zero-order chi connectivity index (χ0) is 11.9. The van der Waals surface area contributed by atoms with Gasteiger partial charge in [0.25, 0.3) is 0 Å². The molecule has 0 aromatic heterocycles. The fourth-order valence-electron chi connectivity index (χ4n) is 2.78. The summed E-state index contributed by atoms with van der Waals surface area (Å²) in [5.74, 6) is 0.960. The highest BCUT2D eigenvalue weighted by Gasteiger charge is 2.37. The smallest absolute Gasteiger partial charge is 0.207 e. The lowest BCUT2D eigenvalue weighted by Gasteiger charge is -2.19. The molecule has 3 unspecified atom stereocenters. The second-order valence-corrected chi connectivity index (χ2v) is 6.54. The highest BCUT2D eigenvalue weighted by atomic mass is 32.2. The molecule has 1 aromatic carbocycles. The van der Waals surface area contributed by atoms with Gasteiger partial charge in [0, 0.05) is 6.04 Å². The van der Waals surface area contributed by atoms with Crippen LogP contribution < -0.4 is 4.72 Å². The van der Waals surface area contributed by atoms with Crippen LogP contribution in [-0.2, 0) is 10.0 Å². The predicted octanol–water partition coefficient (Wildman–Crippen LogP) is 1.93. The maximum absolute atomic E-state index is 12.1. The molecule has 3 rings (SSSR count). The van der Waals surface area contributed by atoms with Gasteiger partial charge in [0.2, 0.25) is 10.0 Å². The van der Waals surface area contributed by atoms with Gasteiger partial charge in [-0.25, -0.2) is 13.1 Å². The lowest BCUT2D eigenvalue weighted by atomic mass is 10.0. The number of sulfonamides is 1. The van der Waals surface area contributed by atoms with E-state index >= 15 is 0 Å². The number of fused-ring (bicyclic) bond motifs is 2. The van der Waals surface area contributed by atoms with E-state index in [1.165, 1.54) is 0 Å². The van der Waals surface area contributed by atoms with Gasteiger partial charge in [0.1, 0.15) is 0 Å². The zero-order valence-corrected chi connectivity index (χ0v) is 10.2. The fraction of sp³-hybridized carbons (Fsp3) is 0.385. The monoisotopic (exact) mass is 249 g/mol. The first kappa shape index (κ1) is 11.0. The molecule has 2 aliphatic rings. The van der Waals surface area contributed by atoms with E-state index in [4.69, 9.17) is 0 Å². The second kappa shape index (κ2) is 3.96. The van der Waals surface area contributed by atoms with Gasteiger partial charge in [-0.2, -0.15) is 0 Å². The molecule has 90 valence electrons. The minimum atomic E-state index is -3.35. The zero-order valence-electron chi connectivity index (χ0n) is 9.41. The van der Waals surface area contributed by atoms with Gasteiger partial charge in [-0.1, -0.05) is 30.4 Å². The molecule has 1 N–H and O–H groups in total. The van der Waals surface area contributed by atoms with Gasteiger partial charge < -0.3 is 0 Å². The van der Waals surface area contributed by atoms with E-state index in [-0.39, 0.29) is 6.04 Å². The minimum Gasteiger partial charge on any atom is -0.207 e. The van der Waals surface area contributed by atoms with E-state index in [1.807, 2.05) is 6.07 Å². The minimum absolute atomic E-state index is 0.0789. The third kappa shape index (κ3) is 2.03. The van der Waals surface area contributed by atoms with Crippen LogP contribution >= 0.6 is 0 Å². The van der Waals surface area contributed by atoms with Crippen molar-refractivity contribution in [2.24, 2.45) is 11.8 Å². The van der Waals surface area contributed by atoms with E-state index in [1.54, 1.807) is 24.3 Å². The van der Waals surface area contributed by atoms with Crippen molar-refractivity contribution in [1.29, 1.82) is 0 Å². The molecule has 3 nitrogen and oxygen atoms in total. The Hall–Kier alpha value is -1.13. The molecular weight excluding hydrogens is 234 g/mol. The van der Waals surface area contributed by atoms with Crippen molar-refractivity contribution in [2.75, 3.05) is 0 Å². The van der Waals surface area contributed by atoms with Crippen molar-refractivity contribution in [3.05, 3.63) is 42.5 Å². The Kier molecular flexibility index (Phi) is 2.56. The largest absolute Gasteiger partial charge is 0.240 e. The van der Waals surface area contributed by atoms with Crippen molar-refractivity contribution >= 4 is 10.0 Å². The Morgan fingerprint density at radius 1 is 1.06 bits per heavy atom. The predicted molar refractivity (Wildman–Crippen MR) is 65.9 cm³/mol. The van der Waals surface area contributed by atoms with Crippen LogP contribution in [0.4, 0.5) is 0 Å². The molecule has 0 aliphatic heterocycles. The van der Waals surface area contributed by atoms with Crippen molar-refractivity contribution in [3.8, 4) is 0 Å². The fourth-order valence-corrected chi connectivity index (χ4v) is 4.10. The Morgan fingerprint density at radius 3 is 2.41 bits per heavy atom. The average Bonchev–Trinajstić information content (AvgIpc) is 2.91. The van der Waals surface area contributed by atoms with E-state index in [0.29, 0.717) is 16.7 Å². The number of nitrogens with one attached hydrogen (secondary N) is 1. The Balaban J connectivity index is 1.79. The molecule has 1 fully saturated rings. The quantitative estimate of drug-likeness (QED) is 0.832. The summed E-state index contributed by atoms with van der Waals surface area (Å²) < 4.78 is 27.1. The normalized spacial score (nSPS) is 30.9. The molecule has 17 heavy (non-hydrogen) atoms. The summed E-state index contributed by atoms with van der Waals surface area (Å²) in [6.45, 7) is 0. The summed E-state index contributed by atoms with van der Waals surface area (Å²) in [5, 5.41) is 0. The maximum atomic E-state index is 12.1. The standard InChI is InChI=1S/C13H15NO2S/c15-17(16,12-4-2-1-3-5-12)14-13-9-10-6-7-11(13)8-10/h1-7,10-11,13-14H,8-9H2. The highest BCUT2D eigenvalue weighted by Crippen LogP contribution is 2.39. The van der Waals surface area contributed by atoms with Crippen molar-refractivity contribution in [3.63, 3.8) is 0 Å². The number of allylic oxidation sites excluding steroid dienone is 1. The summed E-state index contributed by atoms with van der Waals surface area (Å²) in [7, 11) is -3.35. The van der Waals surface area contributed by atoms with Gasteiger partial charge in [-0.3, -0.25) is 0 Å². The molecule has 1 aromatic rings. The summed E-state index contributed by atoms with van der Waals surface area (Å²) in [5.41, 5.74) is 0. The van der Waals surface area contributed by atoms with Crippen LogP contribution in [0.25, 0.3) is 0 Å². The Bertz CT molecular complexity index is 536. The first-order chi connectivity index (χ1) is 8.15. The van der Waals surface area contributed by atoms with Crippen LogP contribution in [0.2, 0.25) is 0 Å². The number of rotatable bonds is 3. The average molecular weight is 249 g/mol. The summed E-state index contributed by atoms with van der Waals surface area (Å²) in [4.78, 5) is 0.353. The van der Waals surface area contributed by atoms with Crippen molar-refractivity contribution < 1.29 is 8.42 Å². The molecule has 4 heteroatoms. The molecule has 0 amide bonds. The van der Waals surface area contributed by atoms with Gasteiger partial charge in [-0.15, -0.1) is 0 Å². The van der Waals surface area contributed by atoms with Crippen LogP contribution in [0.3, 0.4) is 0 Å². The van der Waals surface area contributed by atoms with Gasteiger partial charge >= 0.3 is 0 Å². The number of hydrogen-bond acceptors (Lipinski definition) is 2. The molecule has 0 spiro atoms. The summed E-state index contributed by atoms with van der Waals surface area (Å²) in [6.07, 6.45) is 6.39. The molecule has 2 aliphatic carbocycles. The summed E-state index contributed by atoms with van der Waals surface area (Å²) in [6, 6.07) is 8.65. The van der Waals surface area contributed by atoms with Crippen LogP contribution in [0.1, 0.15) is 12.8 Å². The molecule has 3 atom stereocenters. The third-order valence-corrected chi connectivity index (χ3v) is 5.14. The molecular formula is C13H15NO2S. The molecule has 0 radical (unpaired) electrons. The molecule has 0 saturated heterocycles. The van der Waals surface area contributed by atoms with Crippen molar-refractivity contribution in [2.45, 2.75) is 23.8 Å². The van der Waals surface area contributed by atoms with E-state index in [0.717, 1.165) is 12.8 Å². The van der Waals surface area contributed by atoms with Crippen LogP contribution in [0.15, 0.2) is 47.4 Å². The maximum Gasteiger partial charge on any atom is 0.240 e. The van der Waals surface area contributed by atoms with Gasteiger partial charge in [-0.05, 0) is 36.8 Å². The second-order valence-electron chi connectivity index (χ2n) is 4.82. The van der Waals surface area contributed by atoms with E-state index < -0.39 is 10.0 Å².